The third-order valence-corrected chi connectivity index (χ3v) is 4.94. The van der Waals surface area contributed by atoms with Crippen LogP contribution in [0.2, 0.25) is 0 Å². The fraction of sp³-hybridized carbons (Fsp3) is 0.381. The number of imidazole rings is 1. The molecule has 2 rings (SSSR count). The van der Waals surface area contributed by atoms with Crippen molar-refractivity contribution in [1.82, 2.24) is 15.3 Å². The molecule has 2 amide bonds. The molecule has 0 unspecified atom stereocenters. The molecule has 0 bridgehead atoms. The van der Waals surface area contributed by atoms with Crippen molar-refractivity contribution >= 4 is 29.4 Å². The molecule has 7 N–H and O–H groups in total. The smallest absolute Gasteiger partial charge is 0.326 e. The highest BCUT2D eigenvalue weighted by atomic mass is 16.5. The third-order valence-electron chi connectivity index (χ3n) is 4.94. The van der Waals surface area contributed by atoms with Crippen LogP contribution in [0.3, 0.4) is 0 Å². The largest absolute Gasteiger partial charge is 0.485 e. The Bertz CT molecular complexity index is 993. The van der Waals surface area contributed by atoms with Crippen molar-refractivity contribution in [1.29, 1.82) is 0 Å². The number of carbonyl (C=O) groups is 4. The quantitative estimate of drug-likeness (QED) is 0.266. The highest BCUT2D eigenvalue weighted by Crippen LogP contribution is 2.27. The Morgan fingerprint density at radius 2 is 1.97 bits per heavy atom. The first-order chi connectivity index (χ1) is 15.6. The summed E-state index contributed by atoms with van der Waals surface area (Å²) in [5.74, 6) is -3.95. The molecule has 0 saturated heterocycles. The number of nitrogens with one attached hydrogen (secondary N) is 3. The minimum atomic E-state index is -1.29. The van der Waals surface area contributed by atoms with Gasteiger partial charge in [-0.05, 0) is 24.1 Å². The number of rotatable bonds is 12. The van der Waals surface area contributed by atoms with Gasteiger partial charge in [-0.2, -0.15) is 0 Å². The first-order valence-corrected chi connectivity index (χ1v) is 10.2. The Morgan fingerprint density at radius 3 is 2.55 bits per heavy atom. The first kappa shape index (κ1) is 25.3. The molecule has 12 nitrogen and oxygen atoms in total. The number of aromatic amines is 1. The molecule has 33 heavy (non-hydrogen) atoms. The molecule has 1 aromatic carbocycles. The van der Waals surface area contributed by atoms with E-state index in [0.717, 1.165) is 0 Å². The Morgan fingerprint density at radius 1 is 1.24 bits per heavy atom. The standard InChI is InChI=1S/C21H27N5O7/c1-3-11(2)18(21(31)32)26-19(29)12-4-5-15(25-20(30)14(22)7-17(27)28)16(6-12)33-9-13-8-23-10-24-13/h4-6,8,10-11,14,18H,3,7,9,22H2,1-2H3,(H,23,24)(H,25,30)(H,26,29)(H,27,28)(H,31,32)/t11-,14+,18+/m1/s1. The van der Waals surface area contributed by atoms with Gasteiger partial charge in [0.2, 0.25) is 5.91 Å². The molecule has 0 aliphatic carbocycles. The lowest BCUT2D eigenvalue weighted by molar-refractivity contribution is -0.140. The zero-order valence-corrected chi connectivity index (χ0v) is 18.2. The van der Waals surface area contributed by atoms with Crippen molar-refractivity contribution in [2.45, 2.75) is 45.4 Å². The van der Waals surface area contributed by atoms with Crippen LogP contribution in [0.4, 0.5) is 5.69 Å². The van der Waals surface area contributed by atoms with Crippen molar-refractivity contribution in [2.75, 3.05) is 5.32 Å². The van der Waals surface area contributed by atoms with Gasteiger partial charge in [0.25, 0.3) is 5.91 Å². The number of anilines is 1. The molecule has 12 heteroatoms. The number of aromatic nitrogens is 2. The van der Waals surface area contributed by atoms with E-state index in [-0.39, 0.29) is 29.5 Å². The van der Waals surface area contributed by atoms with Crippen LogP contribution in [0.5, 0.6) is 5.75 Å². The van der Waals surface area contributed by atoms with Crippen LogP contribution < -0.4 is 21.1 Å². The van der Waals surface area contributed by atoms with Crippen LogP contribution in [-0.4, -0.2) is 56.0 Å². The van der Waals surface area contributed by atoms with Gasteiger partial charge in [-0.25, -0.2) is 9.78 Å². The van der Waals surface area contributed by atoms with Gasteiger partial charge in [0.1, 0.15) is 18.4 Å². The van der Waals surface area contributed by atoms with E-state index in [9.17, 15) is 24.3 Å². The second-order valence-electron chi connectivity index (χ2n) is 7.44. The second kappa shape index (κ2) is 11.6. The molecule has 178 valence electrons. The molecule has 0 fully saturated rings. The Balaban J connectivity index is 2.27. The van der Waals surface area contributed by atoms with Gasteiger partial charge in [0.15, 0.2) is 0 Å². The molecular weight excluding hydrogens is 434 g/mol. The highest BCUT2D eigenvalue weighted by molar-refractivity contribution is 6.00. The third kappa shape index (κ3) is 7.31. The molecular formula is C21H27N5O7. The lowest BCUT2D eigenvalue weighted by Crippen LogP contribution is -2.45. The van der Waals surface area contributed by atoms with Gasteiger partial charge in [-0.1, -0.05) is 20.3 Å². The molecule has 0 saturated carbocycles. The van der Waals surface area contributed by atoms with Crippen molar-refractivity contribution < 1.29 is 34.1 Å². The Hall–Kier alpha value is -3.93. The van der Waals surface area contributed by atoms with Gasteiger partial charge in [-0.3, -0.25) is 14.4 Å². The zero-order valence-electron chi connectivity index (χ0n) is 18.2. The average molecular weight is 461 g/mol. The minimum absolute atomic E-state index is 0.0275. The molecule has 2 aromatic rings. The maximum atomic E-state index is 12.7. The number of carbonyl (C=O) groups excluding carboxylic acids is 2. The Labute approximate surface area is 189 Å². The summed E-state index contributed by atoms with van der Waals surface area (Å²) in [6.45, 7) is 3.57. The van der Waals surface area contributed by atoms with Crippen LogP contribution in [0, 0.1) is 5.92 Å². The maximum absolute atomic E-state index is 12.7. The highest BCUT2D eigenvalue weighted by Gasteiger charge is 2.26. The topological polar surface area (TPSA) is 197 Å². The summed E-state index contributed by atoms with van der Waals surface area (Å²) in [6, 6.07) is 1.75. The fourth-order valence-corrected chi connectivity index (χ4v) is 2.82. The van der Waals surface area contributed by atoms with E-state index in [2.05, 4.69) is 20.6 Å². The number of nitrogens with two attached hydrogens (primary N) is 1. The van der Waals surface area contributed by atoms with E-state index in [4.69, 9.17) is 15.6 Å². The molecule has 0 aliphatic rings. The van der Waals surface area contributed by atoms with Gasteiger partial charge in [0, 0.05) is 5.56 Å². The molecule has 0 radical (unpaired) electrons. The molecule has 3 atom stereocenters. The predicted octanol–water partition coefficient (Wildman–Crippen LogP) is 0.958. The van der Waals surface area contributed by atoms with Crippen molar-refractivity contribution in [2.24, 2.45) is 11.7 Å². The van der Waals surface area contributed by atoms with Crippen molar-refractivity contribution in [3.05, 3.63) is 42.0 Å². The summed E-state index contributed by atoms with van der Waals surface area (Å²) in [5, 5.41) is 23.2. The summed E-state index contributed by atoms with van der Waals surface area (Å²) in [5.41, 5.74) is 6.49. The molecule has 0 aliphatic heterocycles. The lowest BCUT2D eigenvalue weighted by atomic mass is 9.99. The molecule has 1 heterocycles. The number of nitrogens with zero attached hydrogens (tertiary/aromatic N) is 1. The normalized spacial score (nSPS) is 13.4. The summed E-state index contributed by atoms with van der Waals surface area (Å²) in [4.78, 5) is 54.0. The minimum Gasteiger partial charge on any atom is -0.485 e. The summed E-state index contributed by atoms with van der Waals surface area (Å²) in [7, 11) is 0. The second-order valence-corrected chi connectivity index (χ2v) is 7.44. The number of H-pyrrole nitrogens is 1. The monoisotopic (exact) mass is 461 g/mol. The van der Waals surface area contributed by atoms with Gasteiger partial charge >= 0.3 is 11.9 Å². The fourth-order valence-electron chi connectivity index (χ4n) is 2.82. The number of aliphatic carboxylic acids is 2. The number of carboxylic acids is 2. The van der Waals surface area contributed by atoms with Gasteiger partial charge in [0.05, 0.1) is 36.4 Å². The van der Waals surface area contributed by atoms with E-state index < -0.39 is 42.3 Å². The number of carboxylic acid groups (broad SMARTS) is 2. The molecule has 1 aromatic heterocycles. The number of amides is 2. The average Bonchev–Trinajstić information content (AvgIpc) is 3.28. The van der Waals surface area contributed by atoms with Crippen LogP contribution >= 0.6 is 0 Å². The zero-order chi connectivity index (χ0) is 24.5. The van der Waals surface area contributed by atoms with E-state index >= 15 is 0 Å². The Kier molecular flexibility index (Phi) is 8.92. The number of hydrogen-bond acceptors (Lipinski definition) is 7. The van der Waals surface area contributed by atoms with Crippen LogP contribution in [0.15, 0.2) is 30.7 Å². The van der Waals surface area contributed by atoms with Crippen LogP contribution in [0.25, 0.3) is 0 Å². The summed E-state index contributed by atoms with van der Waals surface area (Å²) in [6.07, 6.45) is 2.97. The maximum Gasteiger partial charge on any atom is 0.326 e. The predicted molar refractivity (Wildman–Crippen MR) is 117 cm³/mol. The van der Waals surface area contributed by atoms with E-state index in [1.807, 2.05) is 6.92 Å². The van der Waals surface area contributed by atoms with Crippen molar-refractivity contribution in [3.8, 4) is 5.75 Å². The van der Waals surface area contributed by atoms with E-state index in [1.54, 1.807) is 6.92 Å². The number of hydrogen-bond donors (Lipinski definition) is 6. The SMILES string of the molecule is CC[C@@H](C)[C@H](NC(=O)c1ccc(NC(=O)[C@@H](N)CC(=O)O)c(OCc2cnc[nH]2)c1)C(=O)O. The van der Waals surface area contributed by atoms with Crippen molar-refractivity contribution in [3.63, 3.8) is 0 Å². The summed E-state index contributed by atoms with van der Waals surface area (Å²) >= 11 is 0. The lowest BCUT2D eigenvalue weighted by Gasteiger charge is -2.21. The van der Waals surface area contributed by atoms with E-state index in [0.29, 0.717) is 12.1 Å². The molecule has 0 spiro atoms. The number of ether oxygens (including phenoxy) is 1. The van der Waals surface area contributed by atoms with Gasteiger partial charge < -0.3 is 36.3 Å². The summed E-state index contributed by atoms with van der Waals surface area (Å²) < 4.78 is 5.72. The first-order valence-electron chi connectivity index (χ1n) is 10.2. The van der Waals surface area contributed by atoms with E-state index in [1.165, 1.54) is 30.7 Å². The van der Waals surface area contributed by atoms with Crippen LogP contribution in [-0.2, 0) is 21.0 Å². The number of benzene rings is 1. The van der Waals surface area contributed by atoms with Crippen LogP contribution in [0.1, 0.15) is 42.7 Å². The van der Waals surface area contributed by atoms with Gasteiger partial charge in [-0.15, -0.1) is 0 Å².